The van der Waals surface area contributed by atoms with Gasteiger partial charge in [-0.1, -0.05) is 30.3 Å². The van der Waals surface area contributed by atoms with Gasteiger partial charge in [-0.15, -0.1) is 0 Å². The number of benzene rings is 2. The highest BCUT2D eigenvalue weighted by atomic mass is 16.5. The van der Waals surface area contributed by atoms with Crippen molar-refractivity contribution in [2.45, 2.75) is 26.0 Å². The van der Waals surface area contributed by atoms with Crippen molar-refractivity contribution in [2.75, 3.05) is 7.05 Å². The average Bonchev–Trinajstić information content (AvgIpc) is 2.79. The monoisotopic (exact) mass is 253 g/mol. The molecule has 1 aliphatic heterocycles. The molecule has 0 radical (unpaired) electrons. The van der Waals surface area contributed by atoms with E-state index in [4.69, 9.17) is 4.74 Å². The summed E-state index contributed by atoms with van der Waals surface area (Å²) in [7, 11) is 1.97. The summed E-state index contributed by atoms with van der Waals surface area (Å²) in [6.45, 7) is 3.03. The van der Waals surface area contributed by atoms with Crippen molar-refractivity contribution in [3.63, 3.8) is 0 Å². The van der Waals surface area contributed by atoms with Gasteiger partial charge in [0.1, 0.15) is 11.9 Å². The maximum Gasteiger partial charge on any atom is 0.123 e. The Morgan fingerprint density at radius 1 is 1.11 bits per heavy atom. The lowest BCUT2D eigenvalue weighted by Crippen LogP contribution is -2.05. The summed E-state index contributed by atoms with van der Waals surface area (Å²) in [5.74, 6) is 1.04. The van der Waals surface area contributed by atoms with Crippen molar-refractivity contribution in [3.05, 3.63) is 53.6 Å². The Morgan fingerprint density at radius 2 is 1.84 bits per heavy atom. The molecule has 1 heterocycles. The predicted molar refractivity (Wildman–Crippen MR) is 78.4 cm³/mol. The average molecular weight is 253 g/mol. The largest absolute Gasteiger partial charge is 0.490 e. The lowest BCUT2D eigenvalue weighted by molar-refractivity contribution is 0.254. The maximum atomic E-state index is 5.74. The van der Waals surface area contributed by atoms with Gasteiger partial charge in [-0.25, -0.2) is 0 Å². The van der Waals surface area contributed by atoms with E-state index in [9.17, 15) is 0 Å². The predicted octanol–water partition coefficient (Wildman–Crippen LogP) is 3.40. The molecule has 0 amide bonds. The van der Waals surface area contributed by atoms with Gasteiger partial charge in [0.05, 0.1) is 0 Å². The van der Waals surface area contributed by atoms with Crippen molar-refractivity contribution >= 4 is 0 Å². The molecule has 0 spiro atoms. The van der Waals surface area contributed by atoms with E-state index in [1.807, 2.05) is 7.05 Å². The van der Waals surface area contributed by atoms with E-state index in [1.165, 1.54) is 22.3 Å². The molecule has 2 heteroatoms. The number of rotatable bonds is 3. The molecule has 3 rings (SSSR count). The van der Waals surface area contributed by atoms with Crippen LogP contribution in [0.2, 0.25) is 0 Å². The van der Waals surface area contributed by atoms with Gasteiger partial charge < -0.3 is 10.1 Å². The number of hydrogen-bond acceptors (Lipinski definition) is 2. The van der Waals surface area contributed by atoms with Crippen LogP contribution < -0.4 is 10.1 Å². The van der Waals surface area contributed by atoms with Crippen LogP contribution in [-0.2, 0) is 13.0 Å². The third-order valence-corrected chi connectivity index (χ3v) is 3.56. The van der Waals surface area contributed by atoms with Gasteiger partial charge in [0, 0.05) is 13.0 Å². The molecule has 2 aromatic rings. The van der Waals surface area contributed by atoms with Gasteiger partial charge >= 0.3 is 0 Å². The molecule has 1 aliphatic rings. The highest BCUT2D eigenvalue weighted by molar-refractivity contribution is 5.66. The first-order valence-electron chi connectivity index (χ1n) is 6.80. The highest BCUT2D eigenvalue weighted by Gasteiger charge is 2.18. The molecular weight excluding hydrogens is 234 g/mol. The number of ether oxygens (including phenoxy) is 1. The smallest absolute Gasteiger partial charge is 0.123 e. The SMILES string of the molecule is CNCc1ccc(-c2ccc3c(c2)CC(C)O3)cc1. The van der Waals surface area contributed by atoms with Crippen LogP contribution in [0.4, 0.5) is 0 Å². The van der Waals surface area contributed by atoms with Crippen LogP contribution in [0.15, 0.2) is 42.5 Å². The van der Waals surface area contributed by atoms with Crippen molar-refractivity contribution in [2.24, 2.45) is 0 Å². The zero-order valence-electron chi connectivity index (χ0n) is 11.4. The number of fused-ring (bicyclic) bond motifs is 1. The van der Waals surface area contributed by atoms with Crippen LogP contribution in [0.25, 0.3) is 11.1 Å². The van der Waals surface area contributed by atoms with Crippen LogP contribution in [0, 0.1) is 0 Å². The maximum absolute atomic E-state index is 5.74. The normalized spacial score (nSPS) is 17.1. The first kappa shape index (κ1) is 12.2. The third-order valence-electron chi connectivity index (χ3n) is 3.56. The lowest BCUT2D eigenvalue weighted by Gasteiger charge is -2.06. The van der Waals surface area contributed by atoms with E-state index in [2.05, 4.69) is 54.7 Å². The summed E-state index contributed by atoms with van der Waals surface area (Å²) in [6, 6.07) is 15.2. The van der Waals surface area contributed by atoms with Gasteiger partial charge in [-0.2, -0.15) is 0 Å². The molecule has 19 heavy (non-hydrogen) atoms. The van der Waals surface area contributed by atoms with Crippen molar-refractivity contribution in [1.82, 2.24) is 5.32 Å². The molecule has 0 fully saturated rings. The molecule has 2 aromatic carbocycles. The molecule has 0 bridgehead atoms. The Labute approximate surface area is 114 Å². The summed E-state index contributed by atoms with van der Waals surface area (Å²) in [5, 5.41) is 3.17. The molecule has 1 atom stereocenters. The minimum atomic E-state index is 0.309. The Bertz CT molecular complexity index is 574. The van der Waals surface area contributed by atoms with Crippen LogP contribution >= 0.6 is 0 Å². The van der Waals surface area contributed by atoms with Crippen molar-refractivity contribution in [3.8, 4) is 16.9 Å². The zero-order chi connectivity index (χ0) is 13.2. The van der Waals surface area contributed by atoms with Crippen molar-refractivity contribution < 1.29 is 4.74 Å². The minimum absolute atomic E-state index is 0.309. The van der Waals surface area contributed by atoms with Crippen LogP contribution in [-0.4, -0.2) is 13.2 Å². The molecule has 0 aliphatic carbocycles. The molecule has 1 N–H and O–H groups in total. The van der Waals surface area contributed by atoms with E-state index in [0.29, 0.717) is 6.10 Å². The quantitative estimate of drug-likeness (QED) is 0.905. The molecule has 0 aromatic heterocycles. The van der Waals surface area contributed by atoms with Crippen LogP contribution in [0.1, 0.15) is 18.1 Å². The Morgan fingerprint density at radius 3 is 2.58 bits per heavy atom. The first-order chi connectivity index (χ1) is 9.26. The summed E-state index contributed by atoms with van der Waals surface area (Å²) < 4.78 is 5.74. The molecule has 1 unspecified atom stereocenters. The molecule has 2 nitrogen and oxygen atoms in total. The summed E-state index contributed by atoms with van der Waals surface area (Å²) in [6.07, 6.45) is 1.32. The lowest BCUT2D eigenvalue weighted by atomic mass is 10.00. The van der Waals surface area contributed by atoms with Crippen molar-refractivity contribution in [1.29, 1.82) is 0 Å². The molecule has 0 saturated carbocycles. The fourth-order valence-corrected chi connectivity index (χ4v) is 2.62. The number of nitrogens with one attached hydrogen (secondary N) is 1. The second kappa shape index (κ2) is 5.06. The van der Waals surface area contributed by atoms with E-state index < -0.39 is 0 Å². The van der Waals surface area contributed by atoms with E-state index in [1.54, 1.807) is 0 Å². The second-order valence-electron chi connectivity index (χ2n) is 5.18. The minimum Gasteiger partial charge on any atom is -0.490 e. The first-order valence-corrected chi connectivity index (χ1v) is 6.80. The molecule has 0 saturated heterocycles. The second-order valence-corrected chi connectivity index (χ2v) is 5.18. The van der Waals surface area contributed by atoms with Gasteiger partial charge in [0.2, 0.25) is 0 Å². The Hall–Kier alpha value is -1.80. The third kappa shape index (κ3) is 2.49. The topological polar surface area (TPSA) is 21.3 Å². The van der Waals surface area contributed by atoms with E-state index in [0.717, 1.165) is 18.7 Å². The summed E-state index contributed by atoms with van der Waals surface area (Å²) in [4.78, 5) is 0. The van der Waals surface area contributed by atoms with E-state index >= 15 is 0 Å². The van der Waals surface area contributed by atoms with Gasteiger partial charge in [0.15, 0.2) is 0 Å². The Balaban J connectivity index is 1.88. The van der Waals surface area contributed by atoms with Gasteiger partial charge in [0.25, 0.3) is 0 Å². The zero-order valence-corrected chi connectivity index (χ0v) is 11.4. The fraction of sp³-hybridized carbons (Fsp3) is 0.294. The van der Waals surface area contributed by atoms with Crippen LogP contribution in [0.3, 0.4) is 0 Å². The Kier molecular flexibility index (Phi) is 3.26. The standard InChI is InChI=1S/C17H19NO/c1-12-9-16-10-15(7-8-17(16)19-12)14-5-3-13(4-6-14)11-18-2/h3-8,10,12,18H,9,11H2,1-2H3. The highest BCUT2D eigenvalue weighted by Crippen LogP contribution is 2.32. The summed E-state index contributed by atoms with van der Waals surface area (Å²) in [5.41, 5.74) is 5.17. The van der Waals surface area contributed by atoms with Gasteiger partial charge in [-0.3, -0.25) is 0 Å². The summed E-state index contributed by atoms with van der Waals surface area (Å²) >= 11 is 0. The molecule has 98 valence electrons. The fourth-order valence-electron chi connectivity index (χ4n) is 2.62. The molecular formula is C17H19NO. The van der Waals surface area contributed by atoms with Gasteiger partial charge in [-0.05, 0) is 48.4 Å². The van der Waals surface area contributed by atoms with Crippen LogP contribution in [0.5, 0.6) is 5.75 Å². The van der Waals surface area contributed by atoms with E-state index in [-0.39, 0.29) is 0 Å². The number of hydrogen-bond donors (Lipinski definition) is 1.